The molecule has 5 rings (SSSR count). The van der Waals surface area contributed by atoms with Crippen molar-refractivity contribution in [1.29, 1.82) is 0 Å². The van der Waals surface area contributed by atoms with Crippen LogP contribution in [-0.2, 0) is 26.8 Å². The van der Waals surface area contributed by atoms with E-state index in [9.17, 15) is 21.4 Å². The maximum absolute atomic E-state index is 12.2. The second kappa shape index (κ2) is 8.44. The highest BCUT2D eigenvalue weighted by Crippen LogP contribution is 2.54. The largest absolute Gasteiger partial charge is 0.406 e. The van der Waals surface area contributed by atoms with Crippen LogP contribution < -0.4 is 13.8 Å². The Hall–Kier alpha value is -2.19. The van der Waals surface area contributed by atoms with Crippen molar-refractivity contribution in [2.24, 2.45) is 0 Å². The minimum atomic E-state index is -4.45. The lowest BCUT2D eigenvalue weighted by molar-refractivity contribution is -0.677. The molecule has 2 unspecified atom stereocenters. The molecular formula is C21H20Cl2N2O8S2+2. The Kier molecular flexibility index (Phi) is 5.91. The van der Waals surface area contributed by atoms with Crippen molar-refractivity contribution in [1.82, 2.24) is 4.48 Å². The summed E-state index contributed by atoms with van der Waals surface area (Å²) in [5.74, 6) is 0.370. The Morgan fingerprint density at radius 2 is 1.80 bits per heavy atom. The Labute approximate surface area is 211 Å². The molecule has 2 N–H and O–H groups in total. The predicted molar refractivity (Wildman–Crippen MR) is 129 cm³/mol. The average Bonchev–Trinajstić information content (AvgIpc) is 3.21. The number of fused-ring (bicyclic) bond motifs is 3. The Balaban J connectivity index is 1.66. The summed E-state index contributed by atoms with van der Waals surface area (Å²) in [6.07, 6.45) is 1.80. The van der Waals surface area contributed by atoms with Crippen LogP contribution in [0.25, 0.3) is 17.2 Å². The van der Waals surface area contributed by atoms with Gasteiger partial charge in [-0.1, -0.05) is 23.2 Å². The van der Waals surface area contributed by atoms with Crippen LogP contribution in [-0.4, -0.2) is 43.6 Å². The van der Waals surface area contributed by atoms with Gasteiger partial charge in [-0.05, 0) is 24.3 Å². The van der Waals surface area contributed by atoms with Crippen LogP contribution in [0.4, 0.5) is 5.69 Å². The van der Waals surface area contributed by atoms with Crippen LogP contribution in [0.5, 0.6) is 5.75 Å². The molecule has 1 fully saturated rings. The van der Waals surface area contributed by atoms with Crippen molar-refractivity contribution in [2.45, 2.75) is 24.8 Å². The molecule has 1 saturated heterocycles. The average molecular weight is 563 g/mol. The van der Waals surface area contributed by atoms with Crippen molar-refractivity contribution in [2.75, 3.05) is 12.3 Å². The second-order valence-corrected chi connectivity index (χ2v) is 12.4. The fourth-order valence-corrected chi connectivity index (χ4v) is 6.67. The van der Waals surface area contributed by atoms with Gasteiger partial charge in [0, 0.05) is 28.6 Å². The van der Waals surface area contributed by atoms with Gasteiger partial charge in [-0.25, -0.2) is 4.48 Å². The molecule has 14 heteroatoms. The summed E-state index contributed by atoms with van der Waals surface area (Å²) in [4.78, 5) is 0. The van der Waals surface area contributed by atoms with E-state index in [-0.39, 0.29) is 35.6 Å². The number of nitrogens with zero attached hydrogens (tertiary/aromatic N) is 2. The summed E-state index contributed by atoms with van der Waals surface area (Å²) in [6, 6.07) is 9.77. The molecule has 2 atom stereocenters. The molecule has 0 radical (unpaired) electrons. The zero-order valence-electron chi connectivity index (χ0n) is 18.0. The van der Waals surface area contributed by atoms with E-state index < -0.39 is 31.4 Å². The van der Waals surface area contributed by atoms with Crippen LogP contribution in [0.3, 0.4) is 0 Å². The van der Waals surface area contributed by atoms with E-state index in [1.165, 1.54) is 6.08 Å². The van der Waals surface area contributed by atoms with Crippen molar-refractivity contribution in [3.05, 3.63) is 58.2 Å². The van der Waals surface area contributed by atoms with Gasteiger partial charge in [0.15, 0.2) is 24.1 Å². The van der Waals surface area contributed by atoms with E-state index in [1.54, 1.807) is 41.0 Å². The van der Waals surface area contributed by atoms with Gasteiger partial charge in [-0.15, -0.1) is 0 Å². The maximum atomic E-state index is 12.2. The number of aromatic nitrogens is 1. The quantitative estimate of drug-likeness (QED) is 0.264. The molecular weight excluding hydrogens is 543 g/mol. The predicted octanol–water partition coefficient (Wildman–Crippen LogP) is 3.62. The monoisotopic (exact) mass is 562 g/mol. The van der Waals surface area contributed by atoms with E-state index in [0.717, 1.165) is 0 Å². The van der Waals surface area contributed by atoms with E-state index >= 15 is 0 Å². The number of quaternary nitrogens is 1. The van der Waals surface area contributed by atoms with Gasteiger partial charge < -0.3 is 9.15 Å². The van der Waals surface area contributed by atoms with Crippen molar-refractivity contribution in [3.63, 3.8) is 0 Å². The first-order valence-electron chi connectivity index (χ1n) is 10.5. The molecule has 0 bridgehead atoms. The van der Waals surface area contributed by atoms with Crippen LogP contribution in [0, 0.1) is 0 Å². The van der Waals surface area contributed by atoms with Crippen molar-refractivity contribution in [3.8, 4) is 5.75 Å². The summed E-state index contributed by atoms with van der Waals surface area (Å²) in [6.45, 7) is 0.477. The third-order valence-electron chi connectivity index (χ3n) is 6.25. The first kappa shape index (κ1) is 24.5. The zero-order valence-corrected chi connectivity index (χ0v) is 21.1. The first-order chi connectivity index (χ1) is 16.4. The Morgan fingerprint density at radius 3 is 2.46 bits per heavy atom. The van der Waals surface area contributed by atoms with Crippen LogP contribution in [0.15, 0.2) is 46.7 Å². The normalized spacial score (nSPS) is 23.0. The highest BCUT2D eigenvalue weighted by Gasteiger charge is 2.63. The zero-order chi connectivity index (χ0) is 25.2. The van der Waals surface area contributed by atoms with Gasteiger partial charge in [-0.2, -0.15) is 21.4 Å². The van der Waals surface area contributed by atoms with Gasteiger partial charge in [0.1, 0.15) is 0 Å². The first-order valence-corrected chi connectivity index (χ1v) is 14.4. The summed E-state index contributed by atoms with van der Waals surface area (Å²) in [5.41, 5.74) is 1.52. The van der Waals surface area contributed by atoms with Crippen LogP contribution in [0.1, 0.15) is 18.7 Å². The summed E-state index contributed by atoms with van der Waals surface area (Å²) < 4.78 is 79.5. The van der Waals surface area contributed by atoms with Gasteiger partial charge in [0.05, 0.1) is 18.7 Å². The summed E-state index contributed by atoms with van der Waals surface area (Å²) in [5, 5.41) is -0.385. The Morgan fingerprint density at radius 1 is 1.09 bits per heavy atom. The number of halogens is 2. The third-order valence-corrected chi connectivity index (χ3v) is 8.80. The van der Waals surface area contributed by atoms with E-state index in [0.29, 0.717) is 39.1 Å². The molecule has 0 aliphatic carbocycles. The molecule has 1 aromatic heterocycles. The number of aryl methyl sites for hydroxylation is 1. The third kappa shape index (κ3) is 4.33. The SMILES string of the molecule is O=S(=O)(O)CCC[n+]1c(C=C2Oc3ccc(Cl)cc3[N+]23CCC3S(=O)(=O)O)oc2ccc(Cl)cc21. The number of ether oxygens (including phenoxy) is 1. The minimum Gasteiger partial charge on any atom is -0.406 e. The topological polar surface area (TPSA) is 135 Å². The molecule has 1 spiro atoms. The molecule has 3 heterocycles. The lowest BCUT2D eigenvalue weighted by Crippen LogP contribution is -2.67. The lowest BCUT2D eigenvalue weighted by Gasteiger charge is -2.45. The van der Waals surface area contributed by atoms with E-state index in [4.69, 9.17) is 36.9 Å². The van der Waals surface area contributed by atoms with Gasteiger partial charge >= 0.3 is 21.9 Å². The fourth-order valence-electron chi connectivity index (χ4n) is 4.67. The smallest absolute Gasteiger partial charge is 0.383 e. The van der Waals surface area contributed by atoms with E-state index in [2.05, 4.69) is 0 Å². The molecule has 2 aliphatic rings. The van der Waals surface area contributed by atoms with Crippen LogP contribution in [0.2, 0.25) is 10.0 Å². The van der Waals surface area contributed by atoms with Crippen molar-refractivity contribution >= 4 is 66.3 Å². The number of hydrogen-bond donors (Lipinski definition) is 2. The molecule has 0 amide bonds. The van der Waals surface area contributed by atoms with E-state index in [1.807, 2.05) is 0 Å². The number of benzene rings is 2. The van der Waals surface area contributed by atoms with Crippen molar-refractivity contribution < 1.29 is 39.7 Å². The Bertz CT molecular complexity index is 1600. The summed E-state index contributed by atoms with van der Waals surface area (Å²) >= 11 is 12.3. The molecule has 2 aliphatic heterocycles. The highest BCUT2D eigenvalue weighted by atomic mass is 35.5. The summed E-state index contributed by atoms with van der Waals surface area (Å²) in [7, 11) is -8.62. The number of rotatable bonds is 6. The second-order valence-electron chi connectivity index (χ2n) is 8.39. The molecule has 186 valence electrons. The van der Waals surface area contributed by atoms with Gasteiger partial charge in [0.25, 0.3) is 15.6 Å². The fraction of sp³-hybridized carbons (Fsp3) is 0.286. The van der Waals surface area contributed by atoms with Crippen LogP contribution >= 0.6 is 23.2 Å². The molecule has 10 nitrogen and oxygen atoms in total. The molecule has 35 heavy (non-hydrogen) atoms. The maximum Gasteiger partial charge on any atom is 0.383 e. The standard InChI is InChI=1S/C21H18Cl2N2O8S2/c22-13-2-4-17-15(10-13)24(7-1-9-34(26,27)28)19(32-17)12-20-25(8-6-21(25)35(29,30)31)16-11-14(23)3-5-18(16)33-20/h2-5,10-12,21H,1,6-9H2/p+2. The highest BCUT2D eigenvalue weighted by molar-refractivity contribution is 7.86. The minimum absolute atomic E-state index is 0.0746. The lowest BCUT2D eigenvalue weighted by atomic mass is 10.1. The molecule has 3 aromatic rings. The number of oxazole rings is 1. The molecule has 2 aromatic carbocycles. The molecule has 0 saturated carbocycles. The number of hydrogen-bond acceptors (Lipinski definition) is 6. The van der Waals surface area contributed by atoms with Gasteiger partial charge in [-0.3, -0.25) is 9.11 Å². The van der Waals surface area contributed by atoms with Gasteiger partial charge in [0.2, 0.25) is 11.0 Å².